The van der Waals surface area contributed by atoms with E-state index in [1.807, 2.05) is 17.7 Å². The van der Waals surface area contributed by atoms with Crippen LogP contribution in [0.3, 0.4) is 0 Å². The molecule has 30 heavy (non-hydrogen) atoms. The van der Waals surface area contributed by atoms with Crippen LogP contribution in [0.2, 0.25) is 0 Å². The fourth-order valence-electron chi connectivity index (χ4n) is 4.27. The van der Waals surface area contributed by atoms with Crippen LogP contribution >= 0.6 is 0 Å². The van der Waals surface area contributed by atoms with Gasteiger partial charge in [-0.15, -0.1) is 0 Å². The van der Waals surface area contributed by atoms with Gasteiger partial charge in [0.15, 0.2) is 6.17 Å². The van der Waals surface area contributed by atoms with Crippen molar-refractivity contribution in [3.05, 3.63) is 64.8 Å². The molecule has 0 fully saturated rings. The second kappa shape index (κ2) is 7.22. The van der Waals surface area contributed by atoms with E-state index in [4.69, 9.17) is 1.37 Å². The van der Waals surface area contributed by atoms with Crippen LogP contribution in [0.25, 0.3) is 22.0 Å². The van der Waals surface area contributed by atoms with E-state index in [-0.39, 0.29) is 16.2 Å². The van der Waals surface area contributed by atoms with Gasteiger partial charge in [-0.3, -0.25) is 0 Å². The van der Waals surface area contributed by atoms with Gasteiger partial charge in [-0.25, -0.2) is 4.57 Å². The fourth-order valence-corrected chi connectivity index (χ4v) is 4.27. The molecule has 0 aliphatic carbocycles. The Morgan fingerprint density at radius 2 is 1.33 bits per heavy atom. The Morgan fingerprint density at radius 3 is 1.87 bits per heavy atom. The third-order valence-electron chi connectivity index (χ3n) is 6.26. The highest BCUT2D eigenvalue weighted by molar-refractivity contribution is 5.94. The minimum Gasteiger partial charge on any atom is -0.200 e. The summed E-state index contributed by atoms with van der Waals surface area (Å²) >= 11 is 0. The molecule has 1 aromatic heterocycles. The van der Waals surface area contributed by atoms with Crippen molar-refractivity contribution in [3.8, 4) is 11.3 Å². The van der Waals surface area contributed by atoms with E-state index in [1.165, 1.54) is 33.2 Å². The second-order valence-corrected chi connectivity index (χ2v) is 11.9. The lowest BCUT2D eigenvalue weighted by Crippen LogP contribution is -2.31. The molecule has 3 aromatic rings. The number of fused-ring (bicyclic) bond motifs is 1. The summed E-state index contributed by atoms with van der Waals surface area (Å²) < 4.78 is 10.7. The van der Waals surface area contributed by atoms with Gasteiger partial charge in [-0.2, -0.15) is 0 Å². The first kappa shape index (κ1) is 21.1. The van der Waals surface area contributed by atoms with Gasteiger partial charge in [0, 0.05) is 6.07 Å². The molecule has 0 spiro atoms. The maximum atomic E-state index is 8.70. The standard InChI is InChI=1S/C29H40N/c1-19-24(17-22(28(5,6)7)18-25(19)29(8,9)10)26-23-13-12-21(27(2,3)4)16-20(23)14-15-30(26)11/h12-18H,1-11H3/q+1/i15D. The van der Waals surface area contributed by atoms with Gasteiger partial charge in [0.1, 0.15) is 8.42 Å². The molecule has 0 unspecified atom stereocenters. The zero-order valence-corrected chi connectivity index (χ0v) is 20.9. The van der Waals surface area contributed by atoms with Gasteiger partial charge >= 0.3 is 0 Å². The van der Waals surface area contributed by atoms with Crippen molar-refractivity contribution in [1.29, 1.82) is 0 Å². The molecule has 3 rings (SSSR count). The Kier molecular flexibility index (Phi) is 5.08. The molecule has 0 amide bonds. The first-order chi connectivity index (χ1) is 14.0. The molecular formula is C29H40N+. The number of rotatable bonds is 1. The quantitative estimate of drug-likeness (QED) is 0.370. The van der Waals surface area contributed by atoms with Gasteiger partial charge in [-0.1, -0.05) is 80.5 Å². The summed E-state index contributed by atoms with van der Waals surface area (Å²) in [5, 5.41) is 2.35. The third kappa shape index (κ3) is 4.17. The molecule has 1 heterocycles. The topological polar surface area (TPSA) is 3.88 Å². The fraction of sp³-hybridized carbons (Fsp3) is 0.483. The maximum Gasteiger partial charge on any atom is 0.220 e. The highest BCUT2D eigenvalue weighted by atomic mass is 14.9. The smallest absolute Gasteiger partial charge is 0.200 e. The molecule has 1 heteroatoms. The van der Waals surface area contributed by atoms with Crippen molar-refractivity contribution in [2.24, 2.45) is 7.05 Å². The molecule has 0 aliphatic rings. The molecular weight excluding hydrogens is 362 g/mol. The SMILES string of the molecule is [2H]c1cc2cc(C(C)(C)C)ccc2c(-c2cc(C(C)(C)C)cc(C(C)(C)C)c2C)[n+]1C. The van der Waals surface area contributed by atoms with Crippen LogP contribution in [0.4, 0.5) is 0 Å². The molecule has 0 atom stereocenters. The van der Waals surface area contributed by atoms with Crippen molar-refractivity contribution in [2.75, 3.05) is 0 Å². The first-order valence-corrected chi connectivity index (χ1v) is 11.1. The van der Waals surface area contributed by atoms with Crippen LogP contribution in [0.15, 0.2) is 42.6 Å². The van der Waals surface area contributed by atoms with Gasteiger partial charge < -0.3 is 0 Å². The van der Waals surface area contributed by atoms with E-state index < -0.39 is 0 Å². The van der Waals surface area contributed by atoms with E-state index in [9.17, 15) is 0 Å². The number of hydrogen-bond donors (Lipinski definition) is 0. The van der Waals surface area contributed by atoms with E-state index in [1.54, 1.807) is 0 Å². The average molecular weight is 404 g/mol. The predicted octanol–water partition coefficient (Wildman–Crippen LogP) is 7.53. The number of aromatic nitrogens is 1. The number of hydrogen-bond acceptors (Lipinski definition) is 0. The number of pyridine rings is 1. The second-order valence-electron chi connectivity index (χ2n) is 11.9. The molecule has 0 saturated heterocycles. The molecule has 0 bridgehead atoms. The number of benzene rings is 2. The van der Waals surface area contributed by atoms with Crippen molar-refractivity contribution >= 4 is 10.8 Å². The zero-order valence-electron chi connectivity index (χ0n) is 21.9. The number of nitrogens with zero attached hydrogens (tertiary/aromatic N) is 1. The van der Waals surface area contributed by atoms with Crippen LogP contribution in [0.5, 0.6) is 0 Å². The molecule has 2 aromatic carbocycles. The minimum atomic E-state index is 0.0481. The van der Waals surface area contributed by atoms with E-state index in [0.717, 1.165) is 11.1 Å². The van der Waals surface area contributed by atoms with Crippen molar-refractivity contribution < 1.29 is 5.94 Å². The summed E-state index contributed by atoms with van der Waals surface area (Å²) in [5.41, 5.74) is 7.88. The van der Waals surface area contributed by atoms with Crippen LogP contribution in [0, 0.1) is 6.92 Å². The lowest BCUT2D eigenvalue weighted by molar-refractivity contribution is -0.659. The Labute approximate surface area is 185 Å². The molecule has 1 nitrogen and oxygen atoms in total. The van der Waals surface area contributed by atoms with Crippen molar-refractivity contribution in [3.63, 3.8) is 0 Å². The Morgan fingerprint density at radius 1 is 0.733 bits per heavy atom. The van der Waals surface area contributed by atoms with Gasteiger partial charge in [0.25, 0.3) is 0 Å². The van der Waals surface area contributed by atoms with Gasteiger partial charge in [-0.05, 0) is 62.9 Å². The summed E-state index contributed by atoms with van der Waals surface area (Å²) in [6.45, 7) is 22.7. The molecule has 160 valence electrons. The summed E-state index contributed by atoms with van der Waals surface area (Å²) in [4.78, 5) is 0. The average Bonchev–Trinajstić information content (AvgIpc) is 2.60. The molecule has 0 saturated carbocycles. The highest BCUT2D eigenvalue weighted by Gasteiger charge is 2.27. The maximum absolute atomic E-state index is 8.70. The van der Waals surface area contributed by atoms with E-state index in [0.29, 0.717) is 6.17 Å². The molecule has 0 N–H and O–H groups in total. The van der Waals surface area contributed by atoms with Crippen LogP contribution in [-0.2, 0) is 23.3 Å². The normalized spacial score (nSPS) is 13.6. The van der Waals surface area contributed by atoms with Crippen LogP contribution in [-0.4, -0.2) is 0 Å². The summed E-state index contributed by atoms with van der Waals surface area (Å²) in [6.07, 6.45) is 0.534. The van der Waals surface area contributed by atoms with Crippen molar-refractivity contribution in [1.82, 2.24) is 0 Å². The van der Waals surface area contributed by atoms with E-state index in [2.05, 4.69) is 99.6 Å². The Bertz CT molecular complexity index is 1150. The summed E-state index contributed by atoms with van der Waals surface area (Å²) in [5.74, 6) is 0. The minimum absolute atomic E-state index is 0.0481. The monoisotopic (exact) mass is 403 g/mol. The first-order valence-electron chi connectivity index (χ1n) is 11.6. The third-order valence-corrected chi connectivity index (χ3v) is 6.26. The van der Waals surface area contributed by atoms with E-state index >= 15 is 0 Å². The lowest BCUT2D eigenvalue weighted by atomic mass is 9.76. The predicted molar refractivity (Wildman–Crippen MR) is 131 cm³/mol. The Balaban J connectivity index is 2.47. The van der Waals surface area contributed by atoms with Gasteiger partial charge in [0.05, 0.1) is 10.9 Å². The summed E-state index contributed by atoms with van der Waals surface area (Å²) in [7, 11) is 2.02. The summed E-state index contributed by atoms with van der Waals surface area (Å²) in [6, 6.07) is 13.5. The molecule has 0 aliphatic heterocycles. The van der Waals surface area contributed by atoms with Crippen molar-refractivity contribution in [2.45, 2.75) is 85.5 Å². The van der Waals surface area contributed by atoms with Gasteiger partial charge in [0.2, 0.25) is 5.69 Å². The zero-order chi connectivity index (χ0) is 23.5. The van der Waals surface area contributed by atoms with Crippen LogP contribution in [0.1, 0.15) is 85.9 Å². The lowest BCUT2D eigenvalue weighted by Gasteiger charge is -2.28. The van der Waals surface area contributed by atoms with Crippen LogP contribution < -0.4 is 4.57 Å². The highest BCUT2D eigenvalue weighted by Crippen LogP contribution is 2.39. The molecule has 0 radical (unpaired) electrons. The largest absolute Gasteiger partial charge is 0.220 e. The Hall–Kier alpha value is -2.15.